The van der Waals surface area contributed by atoms with Crippen LogP contribution in [0.4, 0.5) is 10.1 Å². The summed E-state index contributed by atoms with van der Waals surface area (Å²) in [6, 6.07) is 14.0. The molecule has 1 unspecified atom stereocenters. The van der Waals surface area contributed by atoms with Gasteiger partial charge in [-0.25, -0.2) is 4.39 Å². The summed E-state index contributed by atoms with van der Waals surface area (Å²) in [6.45, 7) is 4.42. The number of carbonyl (C=O) groups excluding carboxylic acids is 1. The summed E-state index contributed by atoms with van der Waals surface area (Å²) in [5.74, 6) is -0.313. The van der Waals surface area contributed by atoms with Gasteiger partial charge in [0.2, 0.25) is 5.91 Å². The number of aliphatic hydroxyl groups is 1. The van der Waals surface area contributed by atoms with Crippen LogP contribution >= 0.6 is 0 Å². The van der Waals surface area contributed by atoms with Crippen LogP contribution in [0.15, 0.2) is 48.5 Å². The maximum Gasteiger partial charge on any atom is 0.238 e. The number of anilines is 1. The number of halogens is 1. The van der Waals surface area contributed by atoms with E-state index in [1.54, 1.807) is 17.0 Å². The van der Waals surface area contributed by atoms with Crippen LogP contribution in [0.25, 0.3) is 0 Å². The van der Waals surface area contributed by atoms with E-state index in [9.17, 15) is 14.3 Å². The molecule has 1 fully saturated rings. The topological polar surface area (TPSA) is 52.6 Å². The first kappa shape index (κ1) is 21.0. The van der Waals surface area contributed by atoms with Crippen molar-refractivity contribution < 1.29 is 14.3 Å². The van der Waals surface area contributed by atoms with Crippen molar-refractivity contribution in [1.82, 2.24) is 5.32 Å². The predicted octanol–water partition coefficient (Wildman–Crippen LogP) is 4.47. The second-order valence-corrected chi connectivity index (χ2v) is 8.97. The van der Waals surface area contributed by atoms with Crippen molar-refractivity contribution in [1.29, 1.82) is 0 Å². The molecule has 1 amide bonds. The van der Waals surface area contributed by atoms with Crippen LogP contribution in [-0.2, 0) is 10.2 Å². The Morgan fingerprint density at radius 2 is 1.80 bits per heavy atom. The molecule has 2 N–H and O–H groups in total. The van der Waals surface area contributed by atoms with Crippen molar-refractivity contribution in [2.45, 2.75) is 69.6 Å². The Kier molecular flexibility index (Phi) is 5.94. The standard InChI is InChI=1S/C25H31FN2O2/c1-17(2)27-16-22(29)23(18-9-5-3-6-10-18)28-21-12-11-19(26)15-20(21)25(24(28)30)13-7-4-8-14-25/h3,5-6,9-12,15,17,22-23,27,29H,4,7-8,13-14,16H2,1-2H3/t22-,23?/m1/s1. The molecule has 4 nitrogen and oxygen atoms in total. The summed E-state index contributed by atoms with van der Waals surface area (Å²) in [5.41, 5.74) is 1.73. The number of hydrogen-bond acceptors (Lipinski definition) is 3. The maximum absolute atomic E-state index is 14.3. The van der Waals surface area contributed by atoms with E-state index in [1.807, 2.05) is 44.2 Å². The largest absolute Gasteiger partial charge is 0.389 e. The fourth-order valence-corrected chi connectivity index (χ4v) is 5.13. The van der Waals surface area contributed by atoms with E-state index in [1.165, 1.54) is 6.07 Å². The number of fused-ring (bicyclic) bond motifs is 2. The summed E-state index contributed by atoms with van der Waals surface area (Å²) in [7, 11) is 0. The van der Waals surface area contributed by atoms with Crippen LogP contribution in [0.2, 0.25) is 0 Å². The number of nitrogens with one attached hydrogen (secondary N) is 1. The minimum Gasteiger partial charge on any atom is -0.389 e. The normalized spacial score (nSPS) is 19.9. The molecule has 2 aromatic carbocycles. The number of rotatable bonds is 6. The molecule has 4 rings (SSSR count). The lowest BCUT2D eigenvalue weighted by atomic mass is 9.70. The molecule has 2 aromatic rings. The van der Waals surface area contributed by atoms with Crippen molar-refractivity contribution in [3.8, 4) is 0 Å². The summed E-state index contributed by atoms with van der Waals surface area (Å²) >= 11 is 0. The summed E-state index contributed by atoms with van der Waals surface area (Å²) in [4.78, 5) is 15.7. The number of hydrogen-bond donors (Lipinski definition) is 2. The molecule has 1 aliphatic carbocycles. The zero-order chi connectivity index (χ0) is 21.3. The van der Waals surface area contributed by atoms with Gasteiger partial charge in [0.05, 0.1) is 17.6 Å². The average Bonchev–Trinajstić information content (AvgIpc) is 2.96. The zero-order valence-electron chi connectivity index (χ0n) is 17.8. The first-order chi connectivity index (χ1) is 14.4. The smallest absolute Gasteiger partial charge is 0.238 e. The zero-order valence-corrected chi connectivity index (χ0v) is 17.8. The number of nitrogens with zero attached hydrogens (tertiary/aromatic N) is 1. The number of aliphatic hydroxyl groups excluding tert-OH is 1. The van der Waals surface area contributed by atoms with Crippen LogP contribution in [0.3, 0.4) is 0 Å². The third kappa shape index (κ3) is 3.65. The van der Waals surface area contributed by atoms with Gasteiger partial charge in [0.25, 0.3) is 0 Å². The fourth-order valence-electron chi connectivity index (χ4n) is 5.13. The van der Waals surface area contributed by atoms with Gasteiger partial charge in [0, 0.05) is 18.3 Å². The molecule has 1 spiro atoms. The van der Waals surface area contributed by atoms with Gasteiger partial charge in [-0.1, -0.05) is 63.4 Å². The second-order valence-electron chi connectivity index (χ2n) is 8.97. The fraction of sp³-hybridized carbons (Fsp3) is 0.480. The van der Waals surface area contributed by atoms with Gasteiger partial charge in [-0.3, -0.25) is 4.79 Å². The SMILES string of the molecule is CC(C)NC[C@@H](O)C(c1ccccc1)N1C(=O)C2(CCCCC2)c2cc(F)ccc21. The highest BCUT2D eigenvalue weighted by Crippen LogP contribution is 2.52. The molecule has 2 atom stereocenters. The molecular weight excluding hydrogens is 379 g/mol. The monoisotopic (exact) mass is 410 g/mol. The quantitative estimate of drug-likeness (QED) is 0.739. The molecule has 0 aromatic heterocycles. The van der Waals surface area contributed by atoms with Crippen molar-refractivity contribution in [3.05, 3.63) is 65.5 Å². The van der Waals surface area contributed by atoms with Gasteiger partial charge < -0.3 is 15.3 Å². The molecule has 1 heterocycles. The third-order valence-electron chi connectivity index (χ3n) is 6.59. The van der Waals surface area contributed by atoms with Gasteiger partial charge in [-0.2, -0.15) is 0 Å². The lowest BCUT2D eigenvalue weighted by Crippen LogP contribution is -2.48. The van der Waals surface area contributed by atoms with Crippen LogP contribution in [0, 0.1) is 5.82 Å². The third-order valence-corrected chi connectivity index (χ3v) is 6.59. The Labute approximate surface area is 178 Å². The van der Waals surface area contributed by atoms with Crippen LogP contribution in [-0.4, -0.2) is 29.7 Å². The van der Waals surface area contributed by atoms with Crippen molar-refractivity contribution >= 4 is 11.6 Å². The predicted molar refractivity (Wildman–Crippen MR) is 117 cm³/mol. The number of amides is 1. The molecule has 0 radical (unpaired) electrons. The first-order valence-corrected chi connectivity index (χ1v) is 11.0. The van der Waals surface area contributed by atoms with Gasteiger partial charge in [0.15, 0.2) is 0 Å². The molecule has 5 heteroatoms. The molecule has 0 saturated heterocycles. The van der Waals surface area contributed by atoms with Crippen molar-refractivity contribution in [2.24, 2.45) is 0 Å². The van der Waals surface area contributed by atoms with E-state index in [-0.39, 0.29) is 17.8 Å². The Balaban J connectivity index is 1.81. The Morgan fingerprint density at radius 1 is 1.10 bits per heavy atom. The lowest BCUT2D eigenvalue weighted by molar-refractivity contribution is -0.125. The minimum absolute atomic E-state index is 0.000231. The Hall–Kier alpha value is -2.24. The van der Waals surface area contributed by atoms with E-state index in [0.29, 0.717) is 6.54 Å². The van der Waals surface area contributed by atoms with Gasteiger partial charge in [0.1, 0.15) is 5.82 Å². The van der Waals surface area contributed by atoms with E-state index in [4.69, 9.17) is 0 Å². The molecule has 0 bridgehead atoms. The molecule has 1 aliphatic heterocycles. The summed E-state index contributed by atoms with van der Waals surface area (Å²) < 4.78 is 14.3. The summed E-state index contributed by atoms with van der Waals surface area (Å²) in [5, 5.41) is 14.5. The Morgan fingerprint density at radius 3 is 2.47 bits per heavy atom. The first-order valence-electron chi connectivity index (χ1n) is 11.0. The Bertz CT molecular complexity index is 893. The highest BCUT2D eigenvalue weighted by atomic mass is 19.1. The van der Waals surface area contributed by atoms with E-state index in [0.717, 1.165) is 48.9 Å². The molecule has 1 saturated carbocycles. The number of carbonyl (C=O) groups is 1. The van der Waals surface area contributed by atoms with Crippen LogP contribution in [0.1, 0.15) is 63.1 Å². The van der Waals surface area contributed by atoms with Gasteiger partial charge in [-0.05, 0) is 42.2 Å². The second kappa shape index (κ2) is 8.48. The van der Waals surface area contributed by atoms with Crippen LogP contribution in [0.5, 0.6) is 0 Å². The highest BCUT2D eigenvalue weighted by Gasteiger charge is 2.53. The van der Waals surface area contributed by atoms with E-state index < -0.39 is 17.6 Å². The maximum atomic E-state index is 14.3. The molecule has 160 valence electrons. The molecule has 2 aliphatic rings. The average molecular weight is 411 g/mol. The highest BCUT2D eigenvalue weighted by molar-refractivity contribution is 6.08. The van der Waals surface area contributed by atoms with Gasteiger partial charge in [-0.15, -0.1) is 0 Å². The van der Waals surface area contributed by atoms with Gasteiger partial charge >= 0.3 is 0 Å². The van der Waals surface area contributed by atoms with E-state index >= 15 is 0 Å². The molecular formula is C25H31FN2O2. The minimum atomic E-state index is -0.796. The molecule has 30 heavy (non-hydrogen) atoms. The lowest BCUT2D eigenvalue weighted by Gasteiger charge is -2.36. The van der Waals surface area contributed by atoms with Crippen molar-refractivity contribution in [3.63, 3.8) is 0 Å². The van der Waals surface area contributed by atoms with Crippen molar-refractivity contribution in [2.75, 3.05) is 11.4 Å². The van der Waals surface area contributed by atoms with Crippen LogP contribution < -0.4 is 10.2 Å². The van der Waals surface area contributed by atoms with E-state index in [2.05, 4.69) is 5.32 Å². The number of benzene rings is 2. The summed E-state index contributed by atoms with van der Waals surface area (Å²) in [6.07, 6.45) is 3.70.